The molecule has 3 aromatic rings. The zero-order valence-corrected chi connectivity index (χ0v) is 13.0. The van der Waals surface area contributed by atoms with Gasteiger partial charge >= 0.3 is 0 Å². The van der Waals surface area contributed by atoms with E-state index in [9.17, 15) is 0 Å². The van der Waals surface area contributed by atoms with Crippen molar-refractivity contribution in [2.24, 2.45) is 0 Å². The van der Waals surface area contributed by atoms with E-state index in [2.05, 4.69) is 36.3 Å². The predicted octanol–water partition coefficient (Wildman–Crippen LogP) is 3.60. The van der Waals surface area contributed by atoms with Crippen molar-refractivity contribution in [2.75, 3.05) is 5.32 Å². The highest BCUT2D eigenvalue weighted by atomic mass is 79.9. The molecule has 0 radical (unpaired) electrons. The Morgan fingerprint density at radius 2 is 2.05 bits per heavy atom. The van der Waals surface area contributed by atoms with Gasteiger partial charge in [-0.2, -0.15) is 5.10 Å². The molecule has 0 bridgehead atoms. The van der Waals surface area contributed by atoms with Crippen LogP contribution in [0.5, 0.6) is 0 Å². The van der Waals surface area contributed by atoms with E-state index in [4.69, 9.17) is 0 Å². The molecule has 2 aromatic heterocycles. The smallest absolute Gasteiger partial charge is 0.0806 e. The van der Waals surface area contributed by atoms with Gasteiger partial charge in [0.2, 0.25) is 0 Å². The standard InChI is InChI=1S/C15H14BrN5/c1-11(14-9-17-6-7-18-14)20-12-8-19-21(10-12)15-5-3-2-4-13(15)16/h2-11,20H,1H3/t11-/m1/s1. The molecule has 0 fully saturated rings. The topological polar surface area (TPSA) is 55.6 Å². The number of aromatic nitrogens is 4. The Morgan fingerprint density at radius 3 is 2.81 bits per heavy atom. The minimum absolute atomic E-state index is 0.0653. The summed E-state index contributed by atoms with van der Waals surface area (Å²) in [7, 11) is 0. The largest absolute Gasteiger partial charge is 0.374 e. The first kappa shape index (κ1) is 13.8. The Kier molecular flexibility index (Phi) is 3.96. The fraction of sp³-hybridized carbons (Fsp3) is 0.133. The third kappa shape index (κ3) is 3.11. The second-order valence-corrected chi connectivity index (χ2v) is 5.48. The molecule has 0 aliphatic rings. The second kappa shape index (κ2) is 6.05. The number of halogens is 1. The van der Waals surface area contributed by atoms with Crippen LogP contribution in [0.25, 0.3) is 5.69 Å². The molecule has 0 spiro atoms. The highest BCUT2D eigenvalue weighted by Gasteiger charge is 2.09. The molecule has 0 aliphatic carbocycles. The third-order valence-electron chi connectivity index (χ3n) is 3.09. The maximum atomic E-state index is 4.38. The summed E-state index contributed by atoms with van der Waals surface area (Å²) >= 11 is 3.53. The molecule has 1 N–H and O–H groups in total. The van der Waals surface area contributed by atoms with Gasteiger partial charge in [-0.05, 0) is 35.0 Å². The maximum Gasteiger partial charge on any atom is 0.0806 e. The Morgan fingerprint density at radius 1 is 1.19 bits per heavy atom. The first-order chi connectivity index (χ1) is 10.2. The number of nitrogens with one attached hydrogen (secondary N) is 1. The van der Waals surface area contributed by atoms with Crippen molar-refractivity contribution >= 4 is 21.6 Å². The van der Waals surface area contributed by atoms with E-state index >= 15 is 0 Å². The van der Waals surface area contributed by atoms with Crippen LogP contribution in [0.15, 0.2) is 59.7 Å². The molecular formula is C15H14BrN5. The van der Waals surface area contributed by atoms with E-state index in [-0.39, 0.29) is 6.04 Å². The van der Waals surface area contributed by atoms with E-state index < -0.39 is 0 Å². The van der Waals surface area contributed by atoms with Gasteiger partial charge in [-0.3, -0.25) is 9.97 Å². The van der Waals surface area contributed by atoms with Gasteiger partial charge in [-0.1, -0.05) is 12.1 Å². The first-order valence-corrected chi connectivity index (χ1v) is 7.35. The van der Waals surface area contributed by atoms with Crippen molar-refractivity contribution in [2.45, 2.75) is 13.0 Å². The molecule has 0 aliphatic heterocycles. The zero-order chi connectivity index (χ0) is 14.7. The molecule has 3 rings (SSSR count). The van der Waals surface area contributed by atoms with Crippen molar-refractivity contribution in [3.63, 3.8) is 0 Å². The van der Waals surface area contributed by atoms with Crippen molar-refractivity contribution in [3.05, 3.63) is 65.4 Å². The van der Waals surface area contributed by atoms with E-state index in [1.165, 1.54) is 0 Å². The molecular weight excluding hydrogens is 330 g/mol. The van der Waals surface area contributed by atoms with Crippen molar-refractivity contribution in [1.82, 2.24) is 19.7 Å². The normalized spacial score (nSPS) is 12.1. The molecule has 6 heteroatoms. The quantitative estimate of drug-likeness (QED) is 0.786. The number of para-hydroxylation sites is 1. The summed E-state index contributed by atoms with van der Waals surface area (Å²) in [6.07, 6.45) is 8.87. The van der Waals surface area contributed by atoms with Crippen molar-refractivity contribution in [1.29, 1.82) is 0 Å². The van der Waals surface area contributed by atoms with Crippen LogP contribution < -0.4 is 5.32 Å². The molecule has 5 nitrogen and oxygen atoms in total. The first-order valence-electron chi connectivity index (χ1n) is 6.56. The molecule has 21 heavy (non-hydrogen) atoms. The maximum absolute atomic E-state index is 4.38. The van der Waals surface area contributed by atoms with Crippen LogP contribution in [0.3, 0.4) is 0 Å². The van der Waals surface area contributed by atoms with Gasteiger partial charge in [0.15, 0.2) is 0 Å². The minimum atomic E-state index is 0.0653. The van der Waals surface area contributed by atoms with Crippen LogP contribution in [0.2, 0.25) is 0 Å². The van der Waals surface area contributed by atoms with Crippen LogP contribution >= 0.6 is 15.9 Å². The van der Waals surface area contributed by atoms with Crippen LogP contribution in [0.1, 0.15) is 18.7 Å². The van der Waals surface area contributed by atoms with Crippen molar-refractivity contribution < 1.29 is 0 Å². The third-order valence-corrected chi connectivity index (χ3v) is 3.76. The van der Waals surface area contributed by atoms with Gasteiger partial charge < -0.3 is 5.32 Å². The molecule has 0 amide bonds. The molecule has 1 aromatic carbocycles. The van der Waals surface area contributed by atoms with Gasteiger partial charge in [0.25, 0.3) is 0 Å². The lowest BCUT2D eigenvalue weighted by Crippen LogP contribution is -2.08. The minimum Gasteiger partial charge on any atom is -0.374 e. The fourth-order valence-corrected chi connectivity index (χ4v) is 2.49. The number of benzene rings is 1. The zero-order valence-electron chi connectivity index (χ0n) is 11.4. The lowest BCUT2D eigenvalue weighted by molar-refractivity contribution is 0.827. The molecule has 0 saturated carbocycles. The summed E-state index contributed by atoms with van der Waals surface area (Å²) in [5.41, 5.74) is 2.83. The summed E-state index contributed by atoms with van der Waals surface area (Å²) in [5.74, 6) is 0. The number of hydrogen-bond donors (Lipinski definition) is 1. The molecule has 2 heterocycles. The second-order valence-electron chi connectivity index (χ2n) is 4.62. The number of nitrogens with zero attached hydrogens (tertiary/aromatic N) is 4. The van der Waals surface area contributed by atoms with Crippen LogP contribution in [-0.4, -0.2) is 19.7 Å². The average Bonchev–Trinajstić information content (AvgIpc) is 2.97. The SMILES string of the molecule is C[C@@H](Nc1cnn(-c2ccccc2Br)c1)c1cnccn1. The molecule has 0 saturated heterocycles. The Labute approximate surface area is 131 Å². The van der Waals surface area contributed by atoms with Crippen LogP contribution in [-0.2, 0) is 0 Å². The molecule has 0 unspecified atom stereocenters. The van der Waals surface area contributed by atoms with Crippen LogP contribution in [0.4, 0.5) is 5.69 Å². The monoisotopic (exact) mass is 343 g/mol. The van der Waals surface area contributed by atoms with E-state index in [0.29, 0.717) is 0 Å². The Bertz CT molecular complexity index is 726. The predicted molar refractivity (Wildman–Crippen MR) is 85.3 cm³/mol. The fourth-order valence-electron chi connectivity index (χ4n) is 2.02. The number of rotatable bonds is 4. The van der Waals surface area contributed by atoms with Crippen LogP contribution in [0, 0.1) is 0 Å². The summed E-state index contributed by atoms with van der Waals surface area (Å²) < 4.78 is 2.83. The molecule has 1 atom stereocenters. The Balaban J connectivity index is 1.78. The van der Waals surface area contributed by atoms with Gasteiger partial charge in [-0.15, -0.1) is 0 Å². The summed E-state index contributed by atoms with van der Waals surface area (Å²) in [6, 6.07) is 8.03. The number of hydrogen-bond acceptors (Lipinski definition) is 4. The average molecular weight is 344 g/mol. The van der Waals surface area contributed by atoms with E-state index in [0.717, 1.165) is 21.5 Å². The summed E-state index contributed by atoms with van der Waals surface area (Å²) in [6.45, 7) is 2.04. The molecule has 106 valence electrons. The van der Waals surface area contributed by atoms with Gasteiger partial charge in [-0.25, -0.2) is 4.68 Å². The van der Waals surface area contributed by atoms with E-state index in [1.54, 1.807) is 24.8 Å². The van der Waals surface area contributed by atoms with Crippen molar-refractivity contribution in [3.8, 4) is 5.69 Å². The lowest BCUT2D eigenvalue weighted by atomic mass is 10.2. The summed E-state index contributed by atoms with van der Waals surface area (Å²) in [5, 5.41) is 7.75. The Hall–Kier alpha value is -2.21. The summed E-state index contributed by atoms with van der Waals surface area (Å²) in [4.78, 5) is 8.38. The highest BCUT2D eigenvalue weighted by molar-refractivity contribution is 9.10. The highest BCUT2D eigenvalue weighted by Crippen LogP contribution is 2.22. The van der Waals surface area contributed by atoms with Gasteiger partial charge in [0.05, 0.1) is 41.7 Å². The van der Waals surface area contributed by atoms with Gasteiger partial charge in [0, 0.05) is 16.9 Å². The lowest BCUT2D eigenvalue weighted by Gasteiger charge is -2.12. The number of anilines is 1. The van der Waals surface area contributed by atoms with E-state index in [1.807, 2.05) is 42.1 Å². The van der Waals surface area contributed by atoms with Gasteiger partial charge in [0.1, 0.15) is 0 Å².